The highest BCUT2D eigenvalue weighted by atomic mass is 16.5. The zero-order valence-electron chi connectivity index (χ0n) is 17.3. The van der Waals surface area contributed by atoms with Crippen molar-refractivity contribution in [1.29, 1.82) is 10.5 Å². The summed E-state index contributed by atoms with van der Waals surface area (Å²) in [5.41, 5.74) is 7.97. The number of allylic oxidation sites excluding steroid dienone is 6. The summed E-state index contributed by atoms with van der Waals surface area (Å²) in [6.07, 6.45) is 11.6. The van der Waals surface area contributed by atoms with Crippen LogP contribution in [0.4, 0.5) is 0 Å². The molecular weight excluding hydrogens is 372 g/mol. The van der Waals surface area contributed by atoms with Crippen molar-refractivity contribution in [3.05, 3.63) is 94.1 Å². The van der Waals surface area contributed by atoms with Gasteiger partial charge in [0.2, 0.25) is 0 Å². The molecule has 4 heteroatoms. The van der Waals surface area contributed by atoms with E-state index in [9.17, 15) is 0 Å². The monoisotopic (exact) mass is 396 g/mol. The van der Waals surface area contributed by atoms with Gasteiger partial charge in [-0.05, 0) is 80.5 Å². The van der Waals surface area contributed by atoms with Crippen LogP contribution in [0.25, 0.3) is 0 Å². The Morgan fingerprint density at radius 2 is 1.30 bits per heavy atom. The van der Waals surface area contributed by atoms with Crippen LogP contribution in [0.5, 0.6) is 11.5 Å². The molecular formula is C26H24N2O2. The van der Waals surface area contributed by atoms with Crippen molar-refractivity contribution in [3.63, 3.8) is 0 Å². The van der Waals surface area contributed by atoms with Gasteiger partial charge in [0.1, 0.15) is 11.5 Å². The summed E-state index contributed by atoms with van der Waals surface area (Å²) < 4.78 is 9.69. The van der Waals surface area contributed by atoms with Crippen LogP contribution in [0.3, 0.4) is 0 Å². The third-order valence-electron chi connectivity index (χ3n) is 5.35. The SMILES string of the molecule is CC(Cc1ccc(OC#N)cc1)=C1C=CCC(=C(C)Cc2ccc(OC#N)cc2)C1. The molecule has 0 aromatic heterocycles. The van der Waals surface area contributed by atoms with Gasteiger partial charge >= 0.3 is 0 Å². The molecule has 3 rings (SSSR count). The van der Waals surface area contributed by atoms with Gasteiger partial charge in [0.15, 0.2) is 0 Å². The Hall–Kier alpha value is -3.76. The van der Waals surface area contributed by atoms with Gasteiger partial charge in [-0.1, -0.05) is 53.1 Å². The lowest BCUT2D eigenvalue weighted by molar-refractivity contribution is 0.506. The Labute approximate surface area is 178 Å². The van der Waals surface area contributed by atoms with E-state index in [1.165, 1.54) is 33.4 Å². The Morgan fingerprint density at radius 1 is 0.800 bits per heavy atom. The number of rotatable bonds is 6. The summed E-state index contributed by atoms with van der Waals surface area (Å²) in [6, 6.07) is 15.4. The maximum absolute atomic E-state index is 8.59. The number of hydrogen-bond acceptors (Lipinski definition) is 4. The van der Waals surface area contributed by atoms with Crippen LogP contribution in [0, 0.1) is 23.0 Å². The standard InChI is InChI=1S/C26H24N2O2/c1-19(14-21-6-10-25(11-7-21)29-17-27)23-4-3-5-24(16-23)20(2)15-22-8-12-26(13-9-22)30-18-28/h3-4,6-13H,5,14-16H2,1-2H3. The van der Waals surface area contributed by atoms with Crippen molar-refractivity contribution in [3.8, 4) is 24.0 Å². The maximum Gasteiger partial charge on any atom is 0.292 e. The van der Waals surface area contributed by atoms with Crippen molar-refractivity contribution in [2.24, 2.45) is 0 Å². The highest BCUT2D eigenvalue weighted by molar-refractivity contribution is 5.40. The van der Waals surface area contributed by atoms with Crippen LogP contribution in [-0.2, 0) is 12.8 Å². The number of nitrogens with zero attached hydrogens (tertiary/aromatic N) is 2. The molecule has 0 N–H and O–H groups in total. The zero-order valence-corrected chi connectivity index (χ0v) is 17.3. The third kappa shape index (κ3) is 5.63. The largest absolute Gasteiger partial charge is 0.388 e. The summed E-state index contributed by atoms with van der Waals surface area (Å²) >= 11 is 0. The molecule has 0 heterocycles. The lowest BCUT2D eigenvalue weighted by atomic mass is 9.87. The van der Waals surface area contributed by atoms with E-state index in [0.29, 0.717) is 11.5 Å². The van der Waals surface area contributed by atoms with E-state index < -0.39 is 0 Å². The third-order valence-corrected chi connectivity index (χ3v) is 5.35. The molecule has 2 aromatic rings. The quantitative estimate of drug-likeness (QED) is 0.432. The Balaban J connectivity index is 1.69. The van der Waals surface area contributed by atoms with Crippen LogP contribution < -0.4 is 9.47 Å². The van der Waals surface area contributed by atoms with E-state index in [1.807, 2.05) is 48.5 Å². The van der Waals surface area contributed by atoms with E-state index in [1.54, 1.807) is 12.5 Å². The molecule has 0 unspecified atom stereocenters. The molecule has 30 heavy (non-hydrogen) atoms. The highest BCUT2D eigenvalue weighted by Gasteiger charge is 2.12. The molecule has 0 atom stereocenters. The van der Waals surface area contributed by atoms with Crippen molar-refractivity contribution in [2.75, 3.05) is 0 Å². The highest BCUT2D eigenvalue weighted by Crippen LogP contribution is 2.30. The van der Waals surface area contributed by atoms with E-state index >= 15 is 0 Å². The van der Waals surface area contributed by atoms with Crippen LogP contribution in [0.15, 0.2) is 83.0 Å². The van der Waals surface area contributed by atoms with Crippen molar-refractivity contribution < 1.29 is 9.47 Å². The normalized spacial score (nSPS) is 16.3. The summed E-state index contributed by atoms with van der Waals surface area (Å²) in [5.74, 6) is 1.14. The zero-order chi connectivity index (χ0) is 21.3. The molecule has 0 saturated heterocycles. The molecule has 0 amide bonds. The number of nitriles is 2. The lowest BCUT2D eigenvalue weighted by Gasteiger charge is -2.19. The first-order chi connectivity index (χ1) is 14.6. The molecule has 1 aliphatic rings. The molecule has 0 radical (unpaired) electrons. The molecule has 0 bridgehead atoms. The molecule has 0 spiro atoms. The van der Waals surface area contributed by atoms with Gasteiger partial charge in [-0.2, -0.15) is 0 Å². The van der Waals surface area contributed by atoms with Gasteiger partial charge in [-0.25, -0.2) is 0 Å². The molecule has 2 aromatic carbocycles. The van der Waals surface area contributed by atoms with E-state index in [0.717, 1.165) is 25.7 Å². The first-order valence-electron chi connectivity index (χ1n) is 9.91. The average molecular weight is 396 g/mol. The van der Waals surface area contributed by atoms with E-state index in [2.05, 4.69) is 26.0 Å². The molecule has 1 aliphatic carbocycles. The van der Waals surface area contributed by atoms with Crippen LogP contribution in [0.1, 0.15) is 37.8 Å². The van der Waals surface area contributed by atoms with Gasteiger partial charge < -0.3 is 9.47 Å². The first-order valence-corrected chi connectivity index (χ1v) is 9.91. The minimum absolute atomic E-state index is 0.567. The minimum Gasteiger partial charge on any atom is -0.388 e. The first kappa shape index (κ1) is 21.0. The van der Waals surface area contributed by atoms with Crippen molar-refractivity contribution in [2.45, 2.75) is 39.5 Å². The second-order valence-electron chi connectivity index (χ2n) is 7.50. The van der Waals surface area contributed by atoms with Crippen molar-refractivity contribution >= 4 is 0 Å². The second kappa shape index (κ2) is 10.1. The van der Waals surface area contributed by atoms with E-state index in [4.69, 9.17) is 20.0 Å². The predicted octanol–water partition coefficient (Wildman–Crippen LogP) is 6.17. The lowest BCUT2D eigenvalue weighted by Crippen LogP contribution is -2.01. The summed E-state index contributed by atoms with van der Waals surface area (Å²) in [6.45, 7) is 4.39. The van der Waals surface area contributed by atoms with Gasteiger partial charge in [-0.15, -0.1) is 10.5 Å². The fourth-order valence-electron chi connectivity index (χ4n) is 3.63. The van der Waals surface area contributed by atoms with Crippen LogP contribution >= 0.6 is 0 Å². The Kier molecular flexibility index (Phi) is 7.09. The smallest absolute Gasteiger partial charge is 0.292 e. The topological polar surface area (TPSA) is 66.0 Å². The maximum atomic E-state index is 8.59. The molecule has 0 fully saturated rings. The fourth-order valence-corrected chi connectivity index (χ4v) is 3.63. The predicted molar refractivity (Wildman–Crippen MR) is 117 cm³/mol. The van der Waals surface area contributed by atoms with Crippen LogP contribution in [-0.4, -0.2) is 0 Å². The Bertz CT molecular complexity index is 1060. The molecule has 150 valence electrons. The average Bonchev–Trinajstić information content (AvgIpc) is 2.77. The summed E-state index contributed by atoms with van der Waals surface area (Å²) in [5, 5.41) is 17.2. The molecule has 0 saturated carbocycles. The molecule has 4 nitrogen and oxygen atoms in total. The summed E-state index contributed by atoms with van der Waals surface area (Å²) in [7, 11) is 0. The van der Waals surface area contributed by atoms with Gasteiger partial charge in [0.05, 0.1) is 0 Å². The van der Waals surface area contributed by atoms with Crippen molar-refractivity contribution in [1.82, 2.24) is 0 Å². The van der Waals surface area contributed by atoms with Gasteiger partial charge in [0, 0.05) is 0 Å². The van der Waals surface area contributed by atoms with Gasteiger partial charge in [0.25, 0.3) is 12.5 Å². The Morgan fingerprint density at radius 3 is 1.80 bits per heavy atom. The molecule has 0 aliphatic heterocycles. The van der Waals surface area contributed by atoms with E-state index in [-0.39, 0.29) is 0 Å². The van der Waals surface area contributed by atoms with Crippen LogP contribution in [0.2, 0.25) is 0 Å². The van der Waals surface area contributed by atoms with Gasteiger partial charge in [-0.3, -0.25) is 0 Å². The number of benzene rings is 2. The minimum atomic E-state index is 0.567. The summed E-state index contributed by atoms with van der Waals surface area (Å²) in [4.78, 5) is 0. The fraction of sp³-hybridized carbons (Fsp3) is 0.231. The number of hydrogen-bond donors (Lipinski definition) is 0. The second-order valence-corrected chi connectivity index (χ2v) is 7.50. The number of ether oxygens (including phenoxy) is 2.